The average Bonchev–Trinajstić information content (AvgIpc) is 3.21. The van der Waals surface area contributed by atoms with Crippen LogP contribution in [-0.2, 0) is 17.8 Å². The van der Waals surface area contributed by atoms with E-state index in [9.17, 15) is 9.18 Å². The van der Waals surface area contributed by atoms with E-state index in [0.717, 1.165) is 16.7 Å². The number of rotatable bonds is 4. The topological polar surface area (TPSA) is 63.1 Å². The lowest BCUT2D eigenvalue weighted by atomic mass is 10.0. The minimum Gasteiger partial charge on any atom is -0.279 e. The van der Waals surface area contributed by atoms with Gasteiger partial charge in [-0.25, -0.2) is 9.07 Å². The predicted molar refractivity (Wildman–Crippen MR) is 126 cm³/mol. The van der Waals surface area contributed by atoms with Gasteiger partial charge in [0.1, 0.15) is 11.5 Å². The van der Waals surface area contributed by atoms with E-state index >= 15 is 0 Å². The maximum Gasteiger partial charge on any atom is 0.245 e. The summed E-state index contributed by atoms with van der Waals surface area (Å²) in [5, 5.41) is 7.22. The number of carbonyl (C=O) groups is 1. The quantitative estimate of drug-likeness (QED) is 0.419. The van der Waals surface area contributed by atoms with Gasteiger partial charge in [-0.1, -0.05) is 29.3 Å². The van der Waals surface area contributed by atoms with E-state index in [1.807, 2.05) is 16.8 Å². The van der Waals surface area contributed by atoms with Crippen molar-refractivity contribution in [3.8, 4) is 22.4 Å². The van der Waals surface area contributed by atoms with Crippen LogP contribution < -0.4 is 5.43 Å². The molecule has 1 amide bonds. The molecular formula is C24H18Cl2FN5O. The van der Waals surface area contributed by atoms with Crippen LogP contribution in [0.5, 0.6) is 0 Å². The van der Waals surface area contributed by atoms with Gasteiger partial charge in [-0.05, 0) is 59.7 Å². The zero-order chi connectivity index (χ0) is 22.9. The van der Waals surface area contributed by atoms with Gasteiger partial charge in [0.05, 0.1) is 25.1 Å². The highest BCUT2D eigenvalue weighted by molar-refractivity contribution is 6.36. The Morgan fingerprint density at radius 2 is 1.67 bits per heavy atom. The molecule has 0 bridgehead atoms. The number of carbonyl (C=O) groups excluding carboxylic acids is 1. The minimum atomic E-state index is -0.318. The molecule has 166 valence electrons. The second-order valence-corrected chi connectivity index (χ2v) is 8.39. The highest BCUT2D eigenvalue weighted by atomic mass is 35.5. The van der Waals surface area contributed by atoms with Crippen molar-refractivity contribution >= 4 is 34.9 Å². The van der Waals surface area contributed by atoms with Crippen LogP contribution in [0.15, 0.2) is 67.0 Å². The third kappa shape index (κ3) is 4.17. The fourth-order valence-electron chi connectivity index (χ4n) is 3.85. The highest BCUT2D eigenvalue weighted by Gasteiger charge is 2.28. The second-order valence-electron chi connectivity index (χ2n) is 7.57. The van der Waals surface area contributed by atoms with Crippen LogP contribution in [0.2, 0.25) is 10.0 Å². The average molecular weight is 482 g/mol. The smallest absolute Gasteiger partial charge is 0.245 e. The van der Waals surface area contributed by atoms with Gasteiger partial charge in [0, 0.05) is 28.0 Å². The SMILES string of the molecule is O=C(Cc1c(Cl)cccc1Cl)N1CCn2nc(-c3ccc(F)cc3)c(-c3ccncc3)c2N1. The summed E-state index contributed by atoms with van der Waals surface area (Å²) >= 11 is 12.5. The van der Waals surface area contributed by atoms with Crippen LogP contribution >= 0.6 is 23.2 Å². The number of halogens is 3. The molecule has 4 aromatic rings. The number of benzene rings is 2. The summed E-state index contributed by atoms with van der Waals surface area (Å²) in [4.78, 5) is 17.2. The maximum absolute atomic E-state index is 13.5. The number of nitrogens with zero attached hydrogens (tertiary/aromatic N) is 4. The molecule has 0 fully saturated rings. The third-order valence-corrected chi connectivity index (χ3v) is 6.21. The van der Waals surface area contributed by atoms with Crippen molar-refractivity contribution in [2.75, 3.05) is 12.0 Å². The van der Waals surface area contributed by atoms with E-state index in [-0.39, 0.29) is 18.1 Å². The van der Waals surface area contributed by atoms with E-state index in [2.05, 4.69) is 10.4 Å². The summed E-state index contributed by atoms with van der Waals surface area (Å²) < 4.78 is 15.3. The minimum absolute atomic E-state index is 0.0645. The summed E-state index contributed by atoms with van der Waals surface area (Å²) in [7, 11) is 0. The van der Waals surface area contributed by atoms with E-state index in [1.165, 1.54) is 12.1 Å². The number of hydrazine groups is 1. The summed E-state index contributed by atoms with van der Waals surface area (Å²) in [5.74, 6) is 0.188. The van der Waals surface area contributed by atoms with Crippen LogP contribution in [0.1, 0.15) is 5.56 Å². The van der Waals surface area contributed by atoms with Crippen LogP contribution in [-0.4, -0.2) is 32.2 Å². The van der Waals surface area contributed by atoms with Crippen molar-refractivity contribution < 1.29 is 9.18 Å². The standard InChI is InChI=1S/C24H18Cl2FN5O/c25-19-2-1-3-20(26)18(19)14-21(33)31-12-13-32-24(30-31)22(15-8-10-28-11-9-15)23(29-32)16-4-6-17(27)7-5-16/h1-11,30H,12-14H2. The molecule has 3 heterocycles. The Morgan fingerprint density at radius 1 is 0.970 bits per heavy atom. The number of hydrogen-bond donors (Lipinski definition) is 1. The van der Waals surface area contributed by atoms with Gasteiger partial charge in [-0.15, -0.1) is 0 Å². The molecule has 0 atom stereocenters. The monoisotopic (exact) mass is 481 g/mol. The Bertz CT molecular complexity index is 1300. The van der Waals surface area contributed by atoms with E-state index in [4.69, 9.17) is 28.3 Å². The van der Waals surface area contributed by atoms with E-state index in [1.54, 1.807) is 47.7 Å². The molecule has 2 aromatic carbocycles. The summed E-state index contributed by atoms with van der Waals surface area (Å²) in [6.07, 6.45) is 3.45. The molecule has 0 radical (unpaired) electrons. The first-order valence-corrected chi connectivity index (χ1v) is 11.0. The first-order chi connectivity index (χ1) is 16.0. The van der Waals surface area contributed by atoms with Gasteiger partial charge in [0.2, 0.25) is 5.91 Å². The van der Waals surface area contributed by atoms with Gasteiger partial charge in [0.25, 0.3) is 0 Å². The Hall–Kier alpha value is -3.42. The molecule has 0 saturated carbocycles. The summed E-state index contributed by atoms with van der Waals surface area (Å²) in [6.45, 7) is 0.901. The molecular weight excluding hydrogens is 464 g/mol. The first-order valence-electron chi connectivity index (χ1n) is 10.3. The molecule has 0 unspecified atom stereocenters. The van der Waals surface area contributed by atoms with Crippen molar-refractivity contribution in [1.29, 1.82) is 0 Å². The van der Waals surface area contributed by atoms with Crippen molar-refractivity contribution in [2.45, 2.75) is 13.0 Å². The second kappa shape index (κ2) is 8.84. The van der Waals surface area contributed by atoms with Crippen molar-refractivity contribution in [1.82, 2.24) is 19.8 Å². The molecule has 33 heavy (non-hydrogen) atoms. The van der Waals surface area contributed by atoms with Gasteiger partial charge >= 0.3 is 0 Å². The zero-order valence-corrected chi connectivity index (χ0v) is 18.8. The molecule has 9 heteroatoms. The first kappa shape index (κ1) is 21.4. The number of anilines is 1. The number of amides is 1. The fourth-order valence-corrected chi connectivity index (χ4v) is 4.38. The number of nitrogens with one attached hydrogen (secondary N) is 1. The number of aromatic nitrogens is 3. The predicted octanol–water partition coefficient (Wildman–Crippen LogP) is 5.47. The van der Waals surface area contributed by atoms with Gasteiger partial charge in [-0.3, -0.25) is 20.2 Å². The summed E-state index contributed by atoms with van der Waals surface area (Å²) in [5.41, 5.74) is 6.96. The molecule has 1 aliphatic heterocycles. The molecule has 5 rings (SSSR count). The molecule has 0 saturated heterocycles. The molecule has 1 N–H and O–H groups in total. The van der Waals surface area contributed by atoms with Crippen LogP contribution in [0.25, 0.3) is 22.4 Å². The maximum atomic E-state index is 13.5. The van der Waals surface area contributed by atoms with Gasteiger partial charge in [-0.2, -0.15) is 5.10 Å². The Balaban J connectivity index is 1.52. The van der Waals surface area contributed by atoms with Crippen LogP contribution in [0.4, 0.5) is 10.2 Å². The van der Waals surface area contributed by atoms with Gasteiger partial charge < -0.3 is 0 Å². The lowest BCUT2D eigenvalue weighted by molar-refractivity contribution is -0.129. The van der Waals surface area contributed by atoms with Crippen molar-refractivity contribution in [3.05, 3.63) is 88.4 Å². The largest absolute Gasteiger partial charge is 0.279 e. The third-order valence-electron chi connectivity index (χ3n) is 5.51. The molecule has 0 spiro atoms. The lowest BCUT2D eigenvalue weighted by Crippen LogP contribution is -2.43. The molecule has 6 nitrogen and oxygen atoms in total. The fraction of sp³-hybridized carbons (Fsp3) is 0.125. The van der Waals surface area contributed by atoms with E-state index in [0.29, 0.717) is 40.2 Å². The van der Waals surface area contributed by atoms with Crippen molar-refractivity contribution in [3.63, 3.8) is 0 Å². The van der Waals surface area contributed by atoms with Gasteiger partial charge in [0.15, 0.2) is 5.82 Å². The Labute approximate surface area is 199 Å². The summed E-state index contributed by atoms with van der Waals surface area (Å²) in [6, 6.07) is 15.1. The van der Waals surface area contributed by atoms with Crippen LogP contribution in [0.3, 0.4) is 0 Å². The number of fused-ring (bicyclic) bond motifs is 1. The molecule has 1 aliphatic rings. The van der Waals surface area contributed by atoms with Crippen LogP contribution in [0, 0.1) is 5.82 Å². The Morgan fingerprint density at radius 3 is 2.36 bits per heavy atom. The molecule has 0 aliphatic carbocycles. The number of hydrogen-bond acceptors (Lipinski definition) is 4. The van der Waals surface area contributed by atoms with E-state index < -0.39 is 0 Å². The zero-order valence-electron chi connectivity index (χ0n) is 17.3. The van der Waals surface area contributed by atoms with Crippen molar-refractivity contribution in [2.24, 2.45) is 0 Å². The lowest BCUT2D eigenvalue weighted by Gasteiger charge is -2.30. The highest BCUT2D eigenvalue weighted by Crippen LogP contribution is 2.39. The Kier molecular flexibility index (Phi) is 5.74. The normalized spacial score (nSPS) is 12.9. The molecule has 2 aromatic heterocycles. The number of pyridine rings is 1.